The number of nitrogens with zero attached hydrogens (tertiary/aromatic N) is 1. The van der Waals surface area contributed by atoms with E-state index in [1.165, 1.54) is 0 Å². The topological polar surface area (TPSA) is 261 Å². The molecular weight excluding hydrogens is 626 g/mol. The first-order chi connectivity index (χ1) is 22.1. The number of esters is 2. The highest BCUT2D eigenvalue weighted by atomic mass is 16.6. The lowest BCUT2D eigenvalue weighted by atomic mass is 9.53. The van der Waals surface area contributed by atoms with Gasteiger partial charge in [-0.15, -0.1) is 0 Å². The Hall–Kier alpha value is -3.32. The molecule has 2 aliphatic heterocycles. The number of likely N-dealkylation sites (N-methyl/N-ethyl adjacent to an activating group) is 1. The van der Waals surface area contributed by atoms with Gasteiger partial charge in [0.2, 0.25) is 0 Å². The average Bonchev–Trinajstić information content (AvgIpc) is 3.41. The standard InChI is InChI=1S/C31H39NO15/c1-11-12(2)26(47-30(44)25(42)23(40)21(38)17(36)10-34)27-19-13(11)8-15-14-4-5-18(28(46-27)31(14,19)6-7-32(15)3)45-29(43)24(41)22(39)20(37)16(35)9-33/h4-5,14-18,20-23,28,33-40H,6-10H2,1-3H3/t14-,15+,16-,17-,18-,20+,21+,22-,23-,28-,31-/m0/s1. The van der Waals surface area contributed by atoms with Gasteiger partial charge >= 0.3 is 11.9 Å². The Morgan fingerprint density at radius 1 is 0.915 bits per heavy atom. The molecule has 8 N–H and O–H groups in total. The number of ketones is 2. The highest BCUT2D eigenvalue weighted by Gasteiger charge is 2.66. The number of ether oxygens (including phenoxy) is 3. The SMILES string of the molecule is Cc1c(C)c(OC(=O)C(=O)[C@@H](O)[C@H](O)[C@@H](O)CO)c2c3c1C[C@@H]1[C@@H]4C=C[C@H](OC(=O)C(=O)[C@@H](O)[C@H](O)[C@@H](O)CO)[C@H](O2)[C@]34CCN1C. The van der Waals surface area contributed by atoms with Crippen LogP contribution in [0.2, 0.25) is 0 Å². The van der Waals surface area contributed by atoms with Gasteiger partial charge in [0.05, 0.1) is 13.2 Å². The van der Waals surface area contributed by atoms with Gasteiger partial charge in [0, 0.05) is 22.9 Å². The summed E-state index contributed by atoms with van der Waals surface area (Å²) in [4.78, 5) is 53.5. The van der Waals surface area contributed by atoms with E-state index in [9.17, 15) is 49.8 Å². The zero-order valence-corrected chi connectivity index (χ0v) is 25.8. The van der Waals surface area contributed by atoms with Crippen LogP contribution < -0.4 is 9.47 Å². The third-order valence-corrected chi connectivity index (χ3v) is 10.2. The molecule has 2 heterocycles. The molecule has 16 heteroatoms. The molecule has 1 aromatic rings. The Morgan fingerprint density at radius 3 is 2.06 bits per heavy atom. The van der Waals surface area contributed by atoms with Crippen molar-refractivity contribution in [1.82, 2.24) is 4.90 Å². The molecule has 1 spiro atoms. The summed E-state index contributed by atoms with van der Waals surface area (Å²) in [7, 11) is 1.98. The second kappa shape index (κ2) is 12.9. The van der Waals surface area contributed by atoms with E-state index in [0.717, 1.165) is 11.1 Å². The largest absolute Gasteiger partial charge is 0.481 e. The van der Waals surface area contributed by atoms with Crippen LogP contribution in [0.4, 0.5) is 0 Å². The molecule has 0 radical (unpaired) electrons. The van der Waals surface area contributed by atoms with Gasteiger partial charge in [-0.3, -0.25) is 9.59 Å². The number of likely N-dealkylation sites (tertiary alicyclic amines) is 1. The summed E-state index contributed by atoms with van der Waals surface area (Å²) in [5.74, 6) is -6.51. The van der Waals surface area contributed by atoms with Crippen LogP contribution in [0, 0.1) is 19.8 Å². The number of hydrogen-bond acceptors (Lipinski definition) is 16. The predicted molar refractivity (Wildman–Crippen MR) is 155 cm³/mol. The van der Waals surface area contributed by atoms with Crippen molar-refractivity contribution < 1.29 is 74.2 Å². The van der Waals surface area contributed by atoms with Gasteiger partial charge < -0.3 is 60.0 Å². The number of carbonyl (C=O) groups excluding carboxylic acids is 4. The maximum Gasteiger partial charge on any atom is 0.383 e. The van der Waals surface area contributed by atoms with E-state index in [-0.39, 0.29) is 23.5 Å². The van der Waals surface area contributed by atoms with Crippen LogP contribution in [0.3, 0.4) is 0 Å². The highest BCUT2D eigenvalue weighted by molar-refractivity contribution is 6.36. The molecule has 2 bridgehead atoms. The molecule has 258 valence electrons. The molecule has 0 unspecified atom stereocenters. The molecule has 1 fully saturated rings. The van der Waals surface area contributed by atoms with Crippen LogP contribution in [0.5, 0.6) is 11.5 Å². The first-order valence-corrected chi connectivity index (χ1v) is 15.1. The molecule has 1 aromatic carbocycles. The van der Waals surface area contributed by atoms with E-state index in [4.69, 9.17) is 24.4 Å². The molecule has 4 aliphatic rings. The molecule has 2 aliphatic carbocycles. The fourth-order valence-corrected chi connectivity index (χ4v) is 7.39. The summed E-state index contributed by atoms with van der Waals surface area (Å²) in [5.41, 5.74) is 1.86. The van der Waals surface area contributed by atoms with Crippen LogP contribution in [-0.4, -0.2) is 151 Å². The minimum absolute atomic E-state index is 0.0116. The van der Waals surface area contributed by atoms with E-state index in [1.807, 2.05) is 20.0 Å². The number of benzene rings is 1. The summed E-state index contributed by atoms with van der Waals surface area (Å²) in [6.45, 7) is 2.07. The van der Waals surface area contributed by atoms with Crippen molar-refractivity contribution in [2.75, 3.05) is 26.8 Å². The zero-order valence-electron chi connectivity index (χ0n) is 25.8. The van der Waals surface area contributed by atoms with Crippen LogP contribution in [0.1, 0.15) is 28.7 Å². The van der Waals surface area contributed by atoms with Crippen molar-refractivity contribution in [2.45, 2.75) is 87.0 Å². The van der Waals surface area contributed by atoms with E-state index >= 15 is 0 Å². The number of rotatable bonds is 12. The van der Waals surface area contributed by atoms with Gasteiger partial charge in [0.25, 0.3) is 11.6 Å². The smallest absolute Gasteiger partial charge is 0.383 e. The zero-order chi connectivity index (χ0) is 34.7. The van der Waals surface area contributed by atoms with Crippen molar-refractivity contribution >= 4 is 23.5 Å². The molecule has 0 saturated carbocycles. The van der Waals surface area contributed by atoms with E-state index in [1.54, 1.807) is 13.0 Å². The van der Waals surface area contributed by atoms with E-state index in [0.29, 0.717) is 30.5 Å². The van der Waals surface area contributed by atoms with Crippen molar-refractivity contribution in [1.29, 1.82) is 0 Å². The van der Waals surface area contributed by atoms with Gasteiger partial charge in [-0.25, -0.2) is 9.59 Å². The Labute approximate surface area is 268 Å². The van der Waals surface area contributed by atoms with Crippen LogP contribution >= 0.6 is 0 Å². The maximum atomic E-state index is 13.0. The number of hydrogen-bond donors (Lipinski definition) is 8. The Bertz CT molecular complexity index is 1490. The second-order valence-corrected chi connectivity index (χ2v) is 12.6. The maximum absolute atomic E-state index is 13.0. The van der Waals surface area contributed by atoms with Gasteiger partial charge in [-0.1, -0.05) is 6.08 Å². The normalized spacial score (nSPS) is 29.4. The molecule has 47 heavy (non-hydrogen) atoms. The first-order valence-electron chi connectivity index (χ1n) is 15.1. The monoisotopic (exact) mass is 665 g/mol. The molecule has 5 rings (SSSR count). The summed E-state index contributed by atoms with van der Waals surface area (Å²) in [6.07, 6.45) is -10.7. The highest BCUT2D eigenvalue weighted by Crippen LogP contribution is 2.64. The first kappa shape index (κ1) is 35.0. The van der Waals surface area contributed by atoms with Crippen molar-refractivity contribution in [2.24, 2.45) is 5.92 Å². The number of aliphatic hydroxyl groups is 8. The summed E-state index contributed by atoms with van der Waals surface area (Å²) >= 11 is 0. The second-order valence-electron chi connectivity index (χ2n) is 12.6. The van der Waals surface area contributed by atoms with Crippen molar-refractivity contribution in [3.63, 3.8) is 0 Å². The number of Topliss-reactive ketones (excluding diaryl/α,β-unsaturated/α-hetero) is 2. The van der Waals surface area contributed by atoms with Gasteiger partial charge in [-0.05, 0) is 63.0 Å². The number of carbonyl (C=O) groups is 4. The fourth-order valence-electron chi connectivity index (χ4n) is 7.39. The summed E-state index contributed by atoms with van der Waals surface area (Å²) in [5, 5.41) is 77.6. The quantitative estimate of drug-likeness (QED) is 0.0456. The average molecular weight is 666 g/mol. The molecule has 0 aromatic heterocycles. The lowest BCUT2D eigenvalue weighted by molar-refractivity contribution is -0.169. The van der Waals surface area contributed by atoms with Crippen molar-refractivity contribution in [3.8, 4) is 11.5 Å². The Kier molecular flexibility index (Phi) is 9.64. The van der Waals surface area contributed by atoms with Crippen LogP contribution in [0.15, 0.2) is 12.2 Å². The van der Waals surface area contributed by atoms with Gasteiger partial charge in [0.15, 0.2) is 29.8 Å². The van der Waals surface area contributed by atoms with Gasteiger partial charge in [-0.2, -0.15) is 0 Å². The van der Waals surface area contributed by atoms with Crippen molar-refractivity contribution in [3.05, 3.63) is 34.4 Å². The van der Waals surface area contributed by atoms with E-state index < -0.39 is 91.0 Å². The lowest BCUT2D eigenvalue weighted by Crippen LogP contribution is -2.65. The lowest BCUT2D eigenvalue weighted by Gasteiger charge is -2.56. The molecule has 0 amide bonds. The number of aliphatic hydroxyl groups excluding tert-OH is 8. The summed E-state index contributed by atoms with van der Waals surface area (Å²) in [6, 6.07) is -0.0116. The minimum atomic E-state index is -2.41. The fraction of sp³-hybridized carbons (Fsp3) is 0.613. The molecule has 16 nitrogen and oxygen atoms in total. The van der Waals surface area contributed by atoms with Crippen LogP contribution in [-0.2, 0) is 35.8 Å². The van der Waals surface area contributed by atoms with Crippen LogP contribution in [0.25, 0.3) is 0 Å². The Morgan fingerprint density at radius 2 is 1.49 bits per heavy atom. The third-order valence-electron chi connectivity index (χ3n) is 10.2. The molecular formula is C31H39NO15. The van der Waals surface area contributed by atoms with Gasteiger partial charge in [0.1, 0.15) is 30.5 Å². The molecule has 11 atom stereocenters. The third kappa shape index (κ3) is 5.47. The molecule has 1 saturated heterocycles. The predicted octanol–water partition coefficient (Wildman–Crippen LogP) is -4.15. The van der Waals surface area contributed by atoms with E-state index in [2.05, 4.69) is 4.90 Å². The number of piperidine rings is 1. The Balaban J connectivity index is 1.52. The summed E-state index contributed by atoms with van der Waals surface area (Å²) < 4.78 is 17.5. The minimum Gasteiger partial charge on any atom is -0.481 e.